The van der Waals surface area contributed by atoms with Crippen molar-refractivity contribution in [3.05, 3.63) is 119 Å². The highest BCUT2D eigenvalue weighted by molar-refractivity contribution is 9.10. The standard InChI is InChI=1S/C34H36BrN3O6S/c1-4-36-34(40)30(21-25-11-7-5-8-12-25)37(23-26-15-17-27(35)18-16-26)33(39)24-38(45(41,42)29-13-9-6-10-14-29)28-19-20-31(43-2)32(22-28)44-3/h5-20,22,30H,4,21,23-24H2,1-3H3,(H,36,40). The van der Waals surface area contributed by atoms with Crippen LogP contribution >= 0.6 is 15.9 Å². The van der Waals surface area contributed by atoms with Crippen LogP contribution in [0.15, 0.2) is 112 Å². The van der Waals surface area contributed by atoms with Gasteiger partial charge in [-0.15, -0.1) is 0 Å². The first kappa shape index (κ1) is 33.5. The number of carbonyl (C=O) groups excluding carboxylic acids is 2. The fraction of sp³-hybridized carbons (Fsp3) is 0.235. The van der Waals surface area contributed by atoms with E-state index in [2.05, 4.69) is 21.2 Å². The van der Waals surface area contributed by atoms with E-state index < -0.39 is 28.5 Å². The SMILES string of the molecule is CCNC(=O)C(Cc1ccccc1)N(Cc1ccc(Br)cc1)C(=O)CN(c1ccc(OC)c(OC)c1)S(=O)(=O)c1ccccc1. The van der Waals surface area contributed by atoms with Crippen molar-refractivity contribution in [2.24, 2.45) is 0 Å². The van der Waals surface area contributed by atoms with Crippen LogP contribution in [-0.4, -0.2) is 58.5 Å². The van der Waals surface area contributed by atoms with Gasteiger partial charge in [0.05, 0.1) is 24.8 Å². The lowest BCUT2D eigenvalue weighted by Gasteiger charge is -2.34. The van der Waals surface area contributed by atoms with Gasteiger partial charge in [0.15, 0.2) is 11.5 Å². The van der Waals surface area contributed by atoms with Crippen molar-refractivity contribution in [1.29, 1.82) is 0 Å². The van der Waals surface area contributed by atoms with Gasteiger partial charge in [-0.05, 0) is 54.4 Å². The van der Waals surface area contributed by atoms with Crippen LogP contribution in [0, 0.1) is 0 Å². The molecule has 0 fully saturated rings. The molecule has 1 unspecified atom stereocenters. The minimum Gasteiger partial charge on any atom is -0.493 e. The Morgan fingerprint density at radius 1 is 0.822 bits per heavy atom. The van der Waals surface area contributed by atoms with Crippen molar-refractivity contribution in [2.75, 3.05) is 31.6 Å². The van der Waals surface area contributed by atoms with E-state index in [1.807, 2.05) is 61.5 Å². The van der Waals surface area contributed by atoms with E-state index in [-0.39, 0.29) is 29.5 Å². The molecule has 0 heterocycles. The summed E-state index contributed by atoms with van der Waals surface area (Å²) in [4.78, 5) is 29.5. The molecule has 0 saturated heterocycles. The molecule has 11 heteroatoms. The predicted molar refractivity (Wildman–Crippen MR) is 178 cm³/mol. The van der Waals surface area contributed by atoms with E-state index in [0.717, 1.165) is 19.9 Å². The number of rotatable bonds is 14. The lowest BCUT2D eigenvalue weighted by Crippen LogP contribution is -2.53. The van der Waals surface area contributed by atoms with Crippen LogP contribution in [0.5, 0.6) is 11.5 Å². The molecule has 0 aliphatic heterocycles. The zero-order valence-electron chi connectivity index (χ0n) is 25.4. The molecule has 9 nitrogen and oxygen atoms in total. The van der Waals surface area contributed by atoms with Crippen LogP contribution in [0.2, 0.25) is 0 Å². The fourth-order valence-corrected chi connectivity index (χ4v) is 6.55. The van der Waals surface area contributed by atoms with E-state index in [1.54, 1.807) is 30.3 Å². The number of anilines is 1. The summed E-state index contributed by atoms with van der Waals surface area (Å²) >= 11 is 3.44. The monoisotopic (exact) mass is 693 g/mol. The molecule has 0 radical (unpaired) electrons. The van der Waals surface area contributed by atoms with Crippen LogP contribution < -0.4 is 19.1 Å². The van der Waals surface area contributed by atoms with E-state index in [0.29, 0.717) is 18.0 Å². The summed E-state index contributed by atoms with van der Waals surface area (Å²) in [5, 5.41) is 2.86. The molecule has 1 atom stereocenters. The quantitative estimate of drug-likeness (QED) is 0.189. The Bertz CT molecular complexity index is 1690. The Kier molecular flexibility index (Phi) is 11.6. The van der Waals surface area contributed by atoms with Gasteiger partial charge in [-0.1, -0.05) is 76.6 Å². The molecule has 0 aliphatic rings. The van der Waals surface area contributed by atoms with Gasteiger partial charge in [-0.3, -0.25) is 13.9 Å². The molecule has 2 amide bonds. The average molecular weight is 695 g/mol. The highest BCUT2D eigenvalue weighted by atomic mass is 79.9. The molecule has 1 N–H and O–H groups in total. The normalized spacial score (nSPS) is 11.7. The Morgan fingerprint density at radius 3 is 2.04 bits per heavy atom. The smallest absolute Gasteiger partial charge is 0.264 e. The van der Waals surface area contributed by atoms with E-state index in [9.17, 15) is 18.0 Å². The van der Waals surface area contributed by atoms with Gasteiger partial charge in [0, 0.05) is 30.0 Å². The molecule has 0 spiro atoms. The largest absolute Gasteiger partial charge is 0.493 e. The molecule has 45 heavy (non-hydrogen) atoms. The second-order valence-electron chi connectivity index (χ2n) is 10.1. The van der Waals surface area contributed by atoms with E-state index in [1.165, 1.54) is 37.3 Å². The maximum Gasteiger partial charge on any atom is 0.264 e. The van der Waals surface area contributed by atoms with Crippen LogP contribution in [0.4, 0.5) is 5.69 Å². The van der Waals surface area contributed by atoms with Crippen LogP contribution in [0.3, 0.4) is 0 Å². The van der Waals surface area contributed by atoms with Crippen LogP contribution in [0.1, 0.15) is 18.1 Å². The number of benzene rings is 4. The number of hydrogen-bond donors (Lipinski definition) is 1. The summed E-state index contributed by atoms with van der Waals surface area (Å²) in [6, 6.07) is 28.4. The number of carbonyl (C=O) groups is 2. The van der Waals surface area contributed by atoms with E-state index in [4.69, 9.17) is 9.47 Å². The van der Waals surface area contributed by atoms with Crippen molar-refractivity contribution in [1.82, 2.24) is 10.2 Å². The second kappa shape index (κ2) is 15.6. The third-order valence-corrected chi connectivity index (χ3v) is 9.47. The number of nitrogens with zero attached hydrogens (tertiary/aromatic N) is 2. The van der Waals surface area contributed by atoms with Crippen molar-refractivity contribution in [3.63, 3.8) is 0 Å². The number of halogens is 1. The number of nitrogens with one attached hydrogen (secondary N) is 1. The molecule has 236 valence electrons. The van der Waals surface area contributed by atoms with Gasteiger partial charge >= 0.3 is 0 Å². The zero-order chi connectivity index (χ0) is 32.4. The van der Waals surface area contributed by atoms with Crippen molar-refractivity contribution in [3.8, 4) is 11.5 Å². The Balaban J connectivity index is 1.82. The van der Waals surface area contributed by atoms with Crippen molar-refractivity contribution in [2.45, 2.75) is 30.8 Å². The number of hydrogen-bond acceptors (Lipinski definition) is 6. The molecule has 4 aromatic rings. The van der Waals surface area contributed by atoms with Crippen LogP contribution in [0.25, 0.3) is 0 Å². The van der Waals surface area contributed by atoms with Crippen molar-refractivity contribution >= 4 is 43.5 Å². The Morgan fingerprint density at radius 2 is 1.44 bits per heavy atom. The third-order valence-electron chi connectivity index (χ3n) is 7.15. The topological polar surface area (TPSA) is 105 Å². The zero-order valence-corrected chi connectivity index (χ0v) is 27.8. The summed E-state index contributed by atoms with van der Waals surface area (Å²) in [7, 11) is -1.31. The third kappa shape index (κ3) is 8.43. The van der Waals surface area contributed by atoms with Crippen molar-refractivity contribution < 1.29 is 27.5 Å². The molecule has 0 bridgehead atoms. The number of amides is 2. The minimum atomic E-state index is -4.24. The molecule has 4 rings (SSSR count). The highest BCUT2D eigenvalue weighted by Gasteiger charge is 2.34. The van der Waals surface area contributed by atoms with Gasteiger partial charge in [0.1, 0.15) is 12.6 Å². The average Bonchev–Trinajstić information content (AvgIpc) is 3.06. The number of likely N-dealkylation sites (N-methyl/N-ethyl adjacent to an activating group) is 1. The summed E-state index contributed by atoms with van der Waals surface area (Å²) < 4.78 is 41.0. The summed E-state index contributed by atoms with van der Waals surface area (Å²) in [5.41, 5.74) is 1.83. The van der Waals surface area contributed by atoms with Crippen LogP contribution in [-0.2, 0) is 32.6 Å². The predicted octanol–water partition coefficient (Wildman–Crippen LogP) is 5.44. The summed E-state index contributed by atoms with van der Waals surface area (Å²) in [6.45, 7) is 1.67. The molecule has 0 aromatic heterocycles. The molecule has 0 saturated carbocycles. The van der Waals surface area contributed by atoms with Gasteiger partial charge in [-0.25, -0.2) is 8.42 Å². The first-order valence-electron chi connectivity index (χ1n) is 14.3. The molecule has 4 aromatic carbocycles. The lowest BCUT2D eigenvalue weighted by atomic mass is 10.0. The van der Waals surface area contributed by atoms with Gasteiger partial charge in [-0.2, -0.15) is 0 Å². The fourth-order valence-electron chi connectivity index (χ4n) is 4.86. The minimum absolute atomic E-state index is 0.0107. The molecular weight excluding hydrogens is 658 g/mol. The maximum absolute atomic E-state index is 14.5. The van der Waals surface area contributed by atoms with Gasteiger partial charge in [0.25, 0.3) is 10.0 Å². The Labute approximate surface area is 273 Å². The number of ether oxygens (including phenoxy) is 2. The Hall–Kier alpha value is -4.35. The maximum atomic E-state index is 14.5. The number of sulfonamides is 1. The van der Waals surface area contributed by atoms with Gasteiger partial charge in [0.2, 0.25) is 11.8 Å². The van der Waals surface area contributed by atoms with Gasteiger partial charge < -0.3 is 19.7 Å². The highest BCUT2D eigenvalue weighted by Crippen LogP contribution is 2.34. The summed E-state index contributed by atoms with van der Waals surface area (Å²) in [6.07, 6.45) is 0.233. The molecular formula is C34H36BrN3O6S. The second-order valence-corrected chi connectivity index (χ2v) is 12.9. The first-order valence-corrected chi connectivity index (χ1v) is 16.6. The first-order chi connectivity index (χ1) is 21.7. The number of methoxy groups -OCH3 is 2. The summed E-state index contributed by atoms with van der Waals surface area (Å²) in [5.74, 6) is -0.192. The molecule has 0 aliphatic carbocycles. The van der Waals surface area contributed by atoms with E-state index >= 15 is 0 Å². The lowest BCUT2D eigenvalue weighted by molar-refractivity contribution is -0.140.